The number of benzene rings is 2. The van der Waals surface area contributed by atoms with Crippen molar-refractivity contribution in [1.29, 1.82) is 0 Å². The minimum absolute atomic E-state index is 0.157. The Morgan fingerprint density at radius 1 is 1.28 bits per heavy atom. The first-order valence-corrected chi connectivity index (χ1v) is 9.95. The summed E-state index contributed by atoms with van der Waals surface area (Å²) in [6.45, 7) is 4.50. The fraction of sp³-hybridized carbons (Fsp3) is 0.364. The largest absolute Gasteiger partial charge is 0.376 e. The second-order valence-corrected chi connectivity index (χ2v) is 7.68. The molecule has 1 aliphatic heterocycles. The van der Waals surface area contributed by atoms with Crippen LogP contribution >= 0.6 is 11.6 Å². The van der Waals surface area contributed by atoms with Crippen LogP contribution in [0, 0.1) is 19.7 Å². The minimum atomic E-state index is -0.674. The number of halogens is 2. The van der Waals surface area contributed by atoms with Crippen molar-refractivity contribution in [3.63, 3.8) is 0 Å². The number of aryl methyl sites for hydroxylation is 1. The maximum Gasteiger partial charge on any atom is 0.257 e. The highest BCUT2D eigenvalue weighted by Crippen LogP contribution is 2.21. The summed E-state index contributed by atoms with van der Waals surface area (Å²) in [4.78, 5) is 27.0. The molecule has 0 bridgehead atoms. The van der Waals surface area contributed by atoms with Crippen molar-refractivity contribution < 1.29 is 18.7 Å². The van der Waals surface area contributed by atoms with Crippen LogP contribution in [-0.4, -0.2) is 42.5 Å². The second-order valence-electron chi connectivity index (χ2n) is 7.24. The topological polar surface area (TPSA) is 58.6 Å². The average Bonchev–Trinajstić information content (AvgIpc) is 3.19. The van der Waals surface area contributed by atoms with Crippen molar-refractivity contribution in [1.82, 2.24) is 4.90 Å². The van der Waals surface area contributed by atoms with E-state index in [9.17, 15) is 14.0 Å². The molecular weight excluding hydrogens is 395 g/mol. The van der Waals surface area contributed by atoms with E-state index < -0.39 is 11.7 Å². The van der Waals surface area contributed by atoms with Gasteiger partial charge >= 0.3 is 0 Å². The Kier molecular flexibility index (Phi) is 6.87. The molecule has 29 heavy (non-hydrogen) atoms. The van der Waals surface area contributed by atoms with Gasteiger partial charge in [-0.3, -0.25) is 9.59 Å². The Bertz CT molecular complexity index is 913. The van der Waals surface area contributed by atoms with Gasteiger partial charge in [0.2, 0.25) is 5.91 Å². The van der Waals surface area contributed by atoms with E-state index in [0.29, 0.717) is 12.3 Å². The molecule has 1 heterocycles. The third-order valence-corrected chi connectivity index (χ3v) is 5.34. The molecule has 2 aromatic carbocycles. The molecule has 0 aliphatic carbocycles. The Hall–Kier alpha value is -2.44. The Labute approximate surface area is 174 Å². The van der Waals surface area contributed by atoms with Gasteiger partial charge in [0, 0.05) is 23.9 Å². The molecule has 7 heteroatoms. The van der Waals surface area contributed by atoms with Crippen LogP contribution in [0.15, 0.2) is 36.4 Å². The number of ether oxygens (including phenoxy) is 1. The first-order chi connectivity index (χ1) is 13.8. The molecule has 154 valence electrons. The van der Waals surface area contributed by atoms with Gasteiger partial charge in [0.05, 0.1) is 11.7 Å². The molecular formula is C22H24ClFN2O3. The number of hydrogen-bond acceptors (Lipinski definition) is 3. The van der Waals surface area contributed by atoms with Crippen LogP contribution < -0.4 is 5.32 Å². The highest BCUT2D eigenvalue weighted by atomic mass is 35.5. The second kappa shape index (κ2) is 9.37. The molecule has 1 N–H and O–H groups in total. The van der Waals surface area contributed by atoms with E-state index in [2.05, 4.69) is 5.32 Å². The molecule has 3 rings (SSSR count). The molecule has 1 unspecified atom stereocenters. The van der Waals surface area contributed by atoms with Gasteiger partial charge in [0.15, 0.2) is 0 Å². The molecule has 1 aliphatic rings. The highest BCUT2D eigenvalue weighted by Gasteiger charge is 2.27. The van der Waals surface area contributed by atoms with Gasteiger partial charge in [-0.15, -0.1) is 0 Å². The van der Waals surface area contributed by atoms with Crippen molar-refractivity contribution >= 4 is 29.1 Å². The van der Waals surface area contributed by atoms with Crippen LogP contribution in [0.25, 0.3) is 0 Å². The van der Waals surface area contributed by atoms with Crippen LogP contribution in [0.5, 0.6) is 0 Å². The van der Waals surface area contributed by atoms with Crippen LogP contribution in [0.2, 0.25) is 5.02 Å². The van der Waals surface area contributed by atoms with E-state index >= 15 is 0 Å². The lowest BCUT2D eigenvalue weighted by atomic mass is 10.1. The number of nitrogens with zero attached hydrogens (tertiary/aromatic N) is 1. The maximum atomic E-state index is 14.2. The standard InChI is InChI=1S/C22H24ClFN2O3/c1-14-5-3-7-20(15(14)2)25-21(27)13-26(12-17-6-4-10-29-17)22(28)18-11-16(23)8-9-19(18)24/h3,5,7-9,11,17H,4,6,10,12-13H2,1-2H3,(H,25,27). The summed E-state index contributed by atoms with van der Waals surface area (Å²) >= 11 is 5.94. The summed E-state index contributed by atoms with van der Waals surface area (Å²) in [5.74, 6) is -1.62. The van der Waals surface area contributed by atoms with Crippen molar-refractivity contribution in [3.05, 3.63) is 63.9 Å². The van der Waals surface area contributed by atoms with Crippen molar-refractivity contribution in [2.45, 2.75) is 32.8 Å². The lowest BCUT2D eigenvalue weighted by molar-refractivity contribution is -0.117. The van der Waals surface area contributed by atoms with Gasteiger partial charge < -0.3 is 15.0 Å². The van der Waals surface area contributed by atoms with E-state index in [1.165, 1.54) is 17.0 Å². The number of nitrogens with one attached hydrogen (secondary N) is 1. The summed E-state index contributed by atoms with van der Waals surface area (Å²) in [7, 11) is 0. The van der Waals surface area contributed by atoms with Gasteiger partial charge in [-0.25, -0.2) is 4.39 Å². The van der Waals surface area contributed by atoms with Gasteiger partial charge in [0.1, 0.15) is 12.4 Å². The molecule has 2 amide bonds. The van der Waals surface area contributed by atoms with Crippen molar-refractivity contribution in [3.8, 4) is 0 Å². The van der Waals surface area contributed by atoms with Crippen LogP contribution in [0.1, 0.15) is 34.3 Å². The van der Waals surface area contributed by atoms with Crippen LogP contribution in [0.3, 0.4) is 0 Å². The van der Waals surface area contributed by atoms with E-state index in [4.69, 9.17) is 16.3 Å². The van der Waals surface area contributed by atoms with E-state index in [0.717, 1.165) is 30.0 Å². The summed E-state index contributed by atoms with van der Waals surface area (Å²) in [6, 6.07) is 9.43. The summed E-state index contributed by atoms with van der Waals surface area (Å²) < 4.78 is 19.9. The third-order valence-electron chi connectivity index (χ3n) is 5.11. The summed E-state index contributed by atoms with van der Waals surface area (Å²) in [5.41, 5.74) is 2.54. The molecule has 0 saturated carbocycles. The zero-order chi connectivity index (χ0) is 21.0. The Morgan fingerprint density at radius 3 is 2.79 bits per heavy atom. The van der Waals surface area contributed by atoms with Crippen molar-refractivity contribution in [2.24, 2.45) is 0 Å². The summed E-state index contributed by atoms with van der Waals surface area (Å²) in [5, 5.41) is 3.10. The lowest BCUT2D eigenvalue weighted by Gasteiger charge is -2.25. The number of carbonyl (C=O) groups excluding carboxylic acids is 2. The van der Waals surface area contributed by atoms with Crippen LogP contribution in [0.4, 0.5) is 10.1 Å². The SMILES string of the molecule is Cc1cccc(NC(=O)CN(CC2CCCO2)C(=O)c2cc(Cl)ccc2F)c1C. The number of carbonyl (C=O) groups is 2. The van der Waals surface area contributed by atoms with Gasteiger partial charge in [-0.05, 0) is 62.1 Å². The van der Waals surface area contributed by atoms with E-state index in [1.54, 1.807) is 0 Å². The highest BCUT2D eigenvalue weighted by molar-refractivity contribution is 6.31. The zero-order valence-corrected chi connectivity index (χ0v) is 17.3. The van der Waals surface area contributed by atoms with Crippen LogP contribution in [-0.2, 0) is 9.53 Å². The van der Waals surface area contributed by atoms with Gasteiger partial charge in [-0.1, -0.05) is 23.7 Å². The summed E-state index contributed by atoms with van der Waals surface area (Å²) in [6.07, 6.45) is 1.52. The number of rotatable bonds is 6. The molecule has 2 aromatic rings. The minimum Gasteiger partial charge on any atom is -0.376 e. The first-order valence-electron chi connectivity index (χ1n) is 9.57. The zero-order valence-electron chi connectivity index (χ0n) is 16.5. The molecule has 5 nitrogen and oxygen atoms in total. The molecule has 0 spiro atoms. The Balaban J connectivity index is 1.79. The Morgan fingerprint density at radius 2 is 2.07 bits per heavy atom. The van der Waals surface area contributed by atoms with E-state index in [1.807, 2.05) is 32.0 Å². The predicted molar refractivity (Wildman–Crippen MR) is 111 cm³/mol. The first kappa shape index (κ1) is 21.3. The third kappa shape index (κ3) is 5.34. The van der Waals surface area contributed by atoms with Crippen molar-refractivity contribution in [2.75, 3.05) is 25.0 Å². The maximum absolute atomic E-state index is 14.2. The smallest absolute Gasteiger partial charge is 0.257 e. The molecule has 1 atom stereocenters. The van der Waals surface area contributed by atoms with E-state index in [-0.39, 0.29) is 35.7 Å². The fourth-order valence-electron chi connectivity index (χ4n) is 3.33. The van der Waals surface area contributed by atoms with Gasteiger partial charge in [-0.2, -0.15) is 0 Å². The number of anilines is 1. The normalized spacial score (nSPS) is 15.9. The monoisotopic (exact) mass is 418 g/mol. The van der Waals surface area contributed by atoms with Gasteiger partial charge in [0.25, 0.3) is 5.91 Å². The molecule has 0 radical (unpaired) electrons. The lowest BCUT2D eigenvalue weighted by Crippen LogP contribution is -2.42. The quantitative estimate of drug-likeness (QED) is 0.758. The number of amides is 2. The average molecular weight is 419 g/mol. The molecule has 1 saturated heterocycles. The molecule has 0 aromatic heterocycles. The number of hydrogen-bond donors (Lipinski definition) is 1. The fourth-order valence-corrected chi connectivity index (χ4v) is 3.51. The molecule has 1 fully saturated rings. The predicted octanol–water partition coefficient (Wildman–Crippen LogP) is 4.36.